The molecule has 1 saturated heterocycles. The molecule has 2 rings (SSSR count). The minimum Gasteiger partial charge on any atom is -0.378 e. The van der Waals surface area contributed by atoms with E-state index in [2.05, 4.69) is 5.32 Å². The summed E-state index contributed by atoms with van der Waals surface area (Å²) in [6.45, 7) is 0.0175. The molecule has 2 nitrogen and oxygen atoms in total. The van der Waals surface area contributed by atoms with Crippen LogP contribution in [0.5, 0.6) is 0 Å². The topological polar surface area (TPSA) is 15.3 Å². The Bertz CT molecular complexity index is 404. The van der Waals surface area contributed by atoms with Gasteiger partial charge >= 0.3 is 6.18 Å². The van der Waals surface area contributed by atoms with E-state index in [0.717, 1.165) is 11.3 Å². The van der Waals surface area contributed by atoms with Crippen LogP contribution in [0, 0.1) is 5.92 Å². The Morgan fingerprint density at radius 2 is 1.74 bits per heavy atom. The van der Waals surface area contributed by atoms with Crippen molar-refractivity contribution in [1.82, 2.24) is 5.32 Å². The van der Waals surface area contributed by atoms with Crippen molar-refractivity contribution < 1.29 is 13.2 Å². The zero-order chi connectivity index (χ0) is 14.0. The van der Waals surface area contributed by atoms with E-state index in [1.165, 1.54) is 0 Å². The number of hydrogen-bond acceptors (Lipinski definition) is 2. The second-order valence-electron chi connectivity index (χ2n) is 5.26. The summed E-state index contributed by atoms with van der Waals surface area (Å²) in [6.07, 6.45) is -3.34. The van der Waals surface area contributed by atoms with Crippen LogP contribution in [-0.4, -0.2) is 26.8 Å². The minimum atomic E-state index is -4.08. The maximum atomic E-state index is 12.6. The third-order valence-corrected chi connectivity index (χ3v) is 3.69. The fourth-order valence-corrected chi connectivity index (χ4v) is 2.43. The fourth-order valence-electron chi connectivity index (χ4n) is 2.43. The van der Waals surface area contributed by atoms with Crippen LogP contribution >= 0.6 is 0 Å². The van der Waals surface area contributed by atoms with Gasteiger partial charge in [0.05, 0.1) is 5.92 Å². The number of alkyl halides is 3. The molecule has 1 fully saturated rings. The molecule has 0 spiro atoms. The van der Waals surface area contributed by atoms with Gasteiger partial charge in [0.25, 0.3) is 0 Å². The molecule has 1 aromatic carbocycles. The molecule has 5 heteroatoms. The zero-order valence-electron chi connectivity index (χ0n) is 11.2. The highest BCUT2D eigenvalue weighted by molar-refractivity contribution is 5.46. The van der Waals surface area contributed by atoms with Crippen LogP contribution in [0.3, 0.4) is 0 Å². The first-order valence-electron chi connectivity index (χ1n) is 6.45. The van der Waals surface area contributed by atoms with Crippen molar-refractivity contribution in [3.05, 3.63) is 29.8 Å². The summed E-state index contributed by atoms with van der Waals surface area (Å²) in [6, 6.07) is 8.00. The highest BCUT2D eigenvalue weighted by atomic mass is 19.4. The number of piperidine rings is 1. The Labute approximate surface area is 111 Å². The highest BCUT2D eigenvalue weighted by Crippen LogP contribution is 2.35. The molecule has 2 atom stereocenters. The van der Waals surface area contributed by atoms with Crippen molar-refractivity contribution in [2.75, 3.05) is 25.5 Å². The van der Waals surface area contributed by atoms with Crippen molar-refractivity contribution in [3.8, 4) is 0 Å². The molecule has 1 heterocycles. The molecular weight excluding hydrogens is 253 g/mol. The first kappa shape index (κ1) is 14.2. The van der Waals surface area contributed by atoms with Gasteiger partial charge in [0, 0.05) is 32.4 Å². The minimum absolute atomic E-state index is 0.0175. The number of rotatable bonds is 2. The molecule has 0 radical (unpaired) electrons. The maximum absolute atomic E-state index is 12.6. The molecule has 0 saturated carbocycles. The van der Waals surface area contributed by atoms with Crippen LogP contribution in [-0.2, 0) is 0 Å². The largest absolute Gasteiger partial charge is 0.393 e. The fraction of sp³-hybridized carbons (Fsp3) is 0.571. The van der Waals surface area contributed by atoms with E-state index in [-0.39, 0.29) is 19.0 Å². The van der Waals surface area contributed by atoms with Gasteiger partial charge in [-0.05, 0) is 30.5 Å². The van der Waals surface area contributed by atoms with Gasteiger partial charge in [-0.2, -0.15) is 13.2 Å². The first-order valence-corrected chi connectivity index (χ1v) is 6.45. The van der Waals surface area contributed by atoms with Crippen LogP contribution < -0.4 is 10.2 Å². The summed E-state index contributed by atoms with van der Waals surface area (Å²) in [5, 5.41) is 3.01. The second-order valence-corrected chi connectivity index (χ2v) is 5.26. The first-order chi connectivity index (χ1) is 8.88. The predicted octanol–water partition coefficient (Wildman–Crippen LogP) is 3.36. The average Bonchev–Trinajstić information content (AvgIpc) is 2.38. The van der Waals surface area contributed by atoms with Gasteiger partial charge in [-0.1, -0.05) is 12.1 Å². The summed E-state index contributed by atoms with van der Waals surface area (Å²) in [4.78, 5) is 2.00. The number of halogens is 3. The molecule has 106 valence electrons. The molecule has 2 unspecified atom stereocenters. The lowest BCUT2D eigenvalue weighted by Gasteiger charge is -2.31. The van der Waals surface area contributed by atoms with E-state index < -0.39 is 12.1 Å². The molecule has 0 aliphatic carbocycles. The summed E-state index contributed by atoms with van der Waals surface area (Å²) in [7, 11) is 3.92. The molecule has 1 aliphatic heterocycles. The van der Waals surface area contributed by atoms with E-state index in [4.69, 9.17) is 0 Å². The lowest BCUT2D eigenvalue weighted by molar-refractivity contribution is -0.179. The Balaban J connectivity index is 1.98. The van der Waals surface area contributed by atoms with Gasteiger partial charge in [-0.15, -0.1) is 0 Å². The molecule has 1 aliphatic rings. The number of benzene rings is 1. The molecule has 0 aromatic heterocycles. The number of hydrogen-bond donors (Lipinski definition) is 1. The molecule has 0 amide bonds. The van der Waals surface area contributed by atoms with Crippen LogP contribution in [0.25, 0.3) is 0 Å². The number of anilines is 1. The van der Waals surface area contributed by atoms with E-state index in [0.29, 0.717) is 6.42 Å². The maximum Gasteiger partial charge on any atom is 0.393 e. The van der Waals surface area contributed by atoms with Crippen LogP contribution in [0.2, 0.25) is 0 Å². The summed E-state index contributed by atoms with van der Waals surface area (Å²) < 4.78 is 37.7. The van der Waals surface area contributed by atoms with E-state index in [1.807, 2.05) is 43.3 Å². The Kier molecular flexibility index (Phi) is 4.04. The normalized spacial score (nSPS) is 24.3. The molecule has 1 aromatic rings. The predicted molar refractivity (Wildman–Crippen MR) is 70.3 cm³/mol. The summed E-state index contributed by atoms with van der Waals surface area (Å²) in [5.74, 6) is -1.20. The molecule has 0 bridgehead atoms. The Hall–Kier alpha value is -1.23. The van der Waals surface area contributed by atoms with Gasteiger partial charge in [0.15, 0.2) is 0 Å². The standard InChI is InChI=1S/C14H19F3N2/c1-19(2)12-6-3-10(4-7-12)13-8-5-11(9-18-13)14(15,16)17/h3-4,6-7,11,13,18H,5,8-9H2,1-2H3. The van der Waals surface area contributed by atoms with Crippen LogP contribution in [0.15, 0.2) is 24.3 Å². The zero-order valence-corrected chi connectivity index (χ0v) is 11.2. The SMILES string of the molecule is CN(C)c1ccc(C2CCC(C(F)(F)F)CN2)cc1. The van der Waals surface area contributed by atoms with Crippen molar-refractivity contribution >= 4 is 5.69 Å². The lowest BCUT2D eigenvalue weighted by Crippen LogP contribution is -2.40. The third-order valence-electron chi connectivity index (χ3n) is 3.69. The molecule has 1 N–H and O–H groups in total. The quantitative estimate of drug-likeness (QED) is 0.888. The van der Waals surface area contributed by atoms with Gasteiger partial charge in [0.2, 0.25) is 0 Å². The summed E-state index contributed by atoms with van der Waals surface area (Å²) in [5.41, 5.74) is 2.15. The van der Waals surface area contributed by atoms with Crippen LogP contribution in [0.1, 0.15) is 24.4 Å². The van der Waals surface area contributed by atoms with E-state index in [1.54, 1.807) is 0 Å². The van der Waals surface area contributed by atoms with Gasteiger partial charge in [0.1, 0.15) is 0 Å². The second kappa shape index (κ2) is 5.41. The van der Waals surface area contributed by atoms with Crippen molar-refractivity contribution in [2.24, 2.45) is 5.92 Å². The van der Waals surface area contributed by atoms with Crippen LogP contribution in [0.4, 0.5) is 18.9 Å². The highest BCUT2D eigenvalue weighted by Gasteiger charge is 2.41. The Morgan fingerprint density at radius 3 is 2.16 bits per heavy atom. The van der Waals surface area contributed by atoms with Crippen molar-refractivity contribution in [2.45, 2.75) is 25.1 Å². The third kappa shape index (κ3) is 3.41. The molecule has 19 heavy (non-hydrogen) atoms. The lowest BCUT2D eigenvalue weighted by atomic mass is 9.90. The average molecular weight is 272 g/mol. The summed E-state index contributed by atoms with van der Waals surface area (Å²) >= 11 is 0. The van der Waals surface area contributed by atoms with Gasteiger partial charge in [-0.3, -0.25) is 0 Å². The van der Waals surface area contributed by atoms with Gasteiger partial charge < -0.3 is 10.2 Å². The monoisotopic (exact) mass is 272 g/mol. The van der Waals surface area contributed by atoms with Gasteiger partial charge in [-0.25, -0.2) is 0 Å². The van der Waals surface area contributed by atoms with E-state index >= 15 is 0 Å². The van der Waals surface area contributed by atoms with Crippen molar-refractivity contribution in [1.29, 1.82) is 0 Å². The van der Waals surface area contributed by atoms with E-state index in [9.17, 15) is 13.2 Å². The Morgan fingerprint density at radius 1 is 1.11 bits per heavy atom. The number of nitrogens with one attached hydrogen (secondary N) is 1. The number of nitrogens with zero attached hydrogens (tertiary/aromatic N) is 1. The molecular formula is C14H19F3N2. The van der Waals surface area contributed by atoms with Crippen molar-refractivity contribution in [3.63, 3.8) is 0 Å². The smallest absolute Gasteiger partial charge is 0.378 e.